The summed E-state index contributed by atoms with van der Waals surface area (Å²) in [4.78, 5) is 37.8. The molecule has 0 aromatic heterocycles. The number of nitrogens with one attached hydrogen (secondary N) is 2. The van der Waals surface area contributed by atoms with Gasteiger partial charge in [0.2, 0.25) is 11.8 Å². The summed E-state index contributed by atoms with van der Waals surface area (Å²) in [5, 5.41) is 5.45. The molecule has 1 aliphatic rings. The van der Waals surface area contributed by atoms with Crippen molar-refractivity contribution in [2.75, 3.05) is 23.8 Å². The molecule has 1 atom stereocenters. The van der Waals surface area contributed by atoms with Gasteiger partial charge in [-0.15, -0.1) is 0 Å². The SMILES string of the molecule is CC(=O)Nc1ccc(NC(=O)CC2C(=O)OCCN2Cc2ccccc2)cc1. The summed E-state index contributed by atoms with van der Waals surface area (Å²) in [5.41, 5.74) is 2.32. The zero-order valence-corrected chi connectivity index (χ0v) is 15.7. The topological polar surface area (TPSA) is 87.7 Å². The minimum Gasteiger partial charge on any atom is -0.463 e. The van der Waals surface area contributed by atoms with Crippen LogP contribution in [0.2, 0.25) is 0 Å². The molecule has 28 heavy (non-hydrogen) atoms. The number of amides is 2. The van der Waals surface area contributed by atoms with E-state index < -0.39 is 6.04 Å². The number of ether oxygens (including phenoxy) is 1. The summed E-state index contributed by atoms with van der Waals surface area (Å²) in [6.45, 7) is 2.93. The van der Waals surface area contributed by atoms with Crippen LogP contribution in [-0.4, -0.2) is 41.9 Å². The van der Waals surface area contributed by atoms with Crippen molar-refractivity contribution in [3.05, 3.63) is 60.2 Å². The Morgan fingerprint density at radius 1 is 1.04 bits per heavy atom. The van der Waals surface area contributed by atoms with E-state index in [2.05, 4.69) is 10.6 Å². The summed E-state index contributed by atoms with van der Waals surface area (Å²) in [6, 6.07) is 16.0. The number of carbonyl (C=O) groups excluding carboxylic acids is 3. The Kier molecular flexibility index (Phi) is 6.39. The van der Waals surface area contributed by atoms with Crippen molar-refractivity contribution in [2.24, 2.45) is 0 Å². The highest BCUT2D eigenvalue weighted by Gasteiger charge is 2.33. The van der Waals surface area contributed by atoms with Gasteiger partial charge in [0.25, 0.3) is 0 Å². The van der Waals surface area contributed by atoms with Crippen molar-refractivity contribution >= 4 is 29.2 Å². The summed E-state index contributed by atoms with van der Waals surface area (Å²) in [6.07, 6.45) is 0.0130. The largest absolute Gasteiger partial charge is 0.463 e. The smallest absolute Gasteiger partial charge is 0.323 e. The minimum atomic E-state index is -0.618. The Hall–Kier alpha value is -3.19. The zero-order valence-electron chi connectivity index (χ0n) is 15.7. The van der Waals surface area contributed by atoms with Crippen molar-refractivity contribution in [3.63, 3.8) is 0 Å². The number of esters is 1. The number of nitrogens with zero attached hydrogens (tertiary/aromatic N) is 1. The van der Waals surface area contributed by atoms with E-state index in [9.17, 15) is 14.4 Å². The van der Waals surface area contributed by atoms with Crippen LogP contribution in [0.25, 0.3) is 0 Å². The molecule has 1 fully saturated rings. The Bertz CT molecular complexity index is 836. The highest BCUT2D eigenvalue weighted by molar-refractivity contribution is 5.95. The first kappa shape index (κ1) is 19.6. The lowest BCUT2D eigenvalue weighted by molar-refractivity contribution is -0.159. The van der Waals surface area contributed by atoms with Crippen molar-refractivity contribution in [2.45, 2.75) is 25.9 Å². The fraction of sp³-hybridized carbons (Fsp3) is 0.286. The van der Waals surface area contributed by atoms with Gasteiger partial charge in [0.1, 0.15) is 12.6 Å². The fourth-order valence-electron chi connectivity index (χ4n) is 3.11. The van der Waals surface area contributed by atoms with E-state index in [1.807, 2.05) is 35.2 Å². The average Bonchev–Trinajstić information content (AvgIpc) is 2.66. The molecule has 0 bridgehead atoms. The molecule has 7 heteroatoms. The third kappa shape index (κ3) is 5.40. The maximum absolute atomic E-state index is 12.5. The number of rotatable bonds is 6. The summed E-state index contributed by atoms with van der Waals surface area (Å²) in [5.74, 6) is -0.807. The molecule has 0 saturated carbocycles. The second-order valence-corrected chi connectivity index (χ2v) is 6.65. The molecule has 3 rings (SSSR count). The van der Waals surface area contributed by atoms with E-state index >= 15 is 0 Å². The van der Waals surface area contributed by atoms with Crippen molar-refractivity contribution in [1.82, 2.24) is 4.90 Å². The Morgan fingerprint density at radius 3 is 2.32 bits per heavy atom. The third-order valence-electron chi connectivity index (χ3n) is 4.43. The maximum Gasteiger partial charge on any atom is 0.323 e. The van der Waals surface area contributed by atoms with Crippen LogP contribution in [0.3, 0.4) is 0 Å². The lowest BCUT2D eigenvalue weighted by atomic mass is 10.1. The van der Waals surface area contributed by atoms with E-state index in [4.69, 9.17) is 4.74 Å². The molecule has 146 valence electrons. The molecule has 2 aromatic rings. The first-order valence-electron chi connectivity index (χ1n) is 9.13. The molecule has 1 saturated heterocycles. The molecule has 2 amide bonds. The van der Waals surface area contributed by atoms with Crippen LogP contribution < -0.4 is 10.6 Å². The second-order valence-electron chi connectivity index (χ2n) is 6.65. The Labute approximate surface area is 163 Å². The quantitative estimate of drug-likeness (QED) is 0.751. The average molecular weight is 381 g/mol. The molecule has 7 nitrogen and oxygen atoms in total. The normalized spacial score (nSPS) is 16.9. The van der Waals surface area contributed by atoms with Crippen LogP contribution in [-0.2, 0) is 25.7 Å². The molecule has 0 spiro atoms. The highest BCUT2D eigenvalue weighted by Crippen LogP contribution is 2.18. The number of hydrogen-bond acceptors (Lipinski definition) is 5. The summed E-state index contributed by atoms with van der Waals surface area (Å²) >= 11 is 0. The van der Waals surface area contributed by atoms with Gasteiger partial charge in [-0.3, -0.25) is 19.3 Å². The lowest BCUT2D eigenvalue weighted by Crippen LogP contribution is -2.49. The Morgan fingerprint density at radius 2 is 1.68 bits per heavy atom. The van der Waals surface area contributed by atoms with Crippen LogP contribution in [0.15, 0.2) is 54.6 Å². The number of cyclic esters (lactones) is 1. The van der Waals surface area contributed by atoms with Crippen LogP contribution in [0.4, 0.5) is 11.4 Å². The first-order chi connectivity index (χ1) is 13.5. The highest BCUT2D eigenvalue weighted by atomic mass is 16.5. The van der Waals surface area contributed by atoms with Gasteiger partial charge in [-0.05, 0) is 29.8 Å². The number of hydrogen-bond donors (Lipinski definition) is 2. The van der Waals surface area contributed by atoms with Gasteiger partial charge in [-0.25, -0.2) is 0 Å². The van der Waals surface area contributed by atoms with Gasteiger partial charge in [0.05, 0.1) is 6.42 Å². The molecule has 1 heterocycles. The van der Waals surface area contributed by atoms with Gasteiger partial charge < -0.3 is 15.4 Å². The van der Waals surface area contributed by atoms with Gasteiger partial charge in [0.15, 0.2) is 0 Å². The van der Waals surface area contributed by atoms with Gasteiger partial charge in [-0.2, -0.15) is 0 Å². The summed E-state index contributed by atoms with van der Waals surface area (Å²) in [7, 11) is 0. The molecule has 0 aliphatic carbocycles. The van der Waals surface area contributed by atoms with E-state index in [1.54, 1.807) is 24.3 Å². The summed E-state index contributed by atoms with van der Waals surface area (Å²) < 4.78 is 5.16. The lowest BCUT2D eigenvalue weighted by Gasteiger charge is -2.33. The van der Waals surface area contributed by atoms with Crippen LogP contribution in [0.1, 0.15) is 18.9 Å². The predicted octanol–water partition coefficient (Wildman–Crippen LogP) is 2.40. The third-order valence-corrected chi connectivity index (χ3v) is 4.43. The van der Waals surface area contributed by atoms with E-state index in [0.717, 1.165) is 5.56 Å². The van der Waals surface area contributed by atoms with Crippen LogP contribution >= 0.6 is 0 Å². The predicted molar refractivity (Wildman–Crippen MR) is 106 cm³/mol. The standard InChI is InChI=1S/C21H23N3O4/c1-15(25)22-17-7-9-18(10-8-17)23-20(26)13-19-21(27)28-12-11-24(19)14-16-5-3-2-4-6-16/h2-10,19H,11-14H2,1H3,(H,22,25)(H,23,26). The molecule has 1 unspecified atom stereocenters. The molecule has 1 aliphatic heterocycles. The van der Waals surface area contributed by atoms with Gasteiger partial charge >= 0.3 is 5.97 Å². The van der Waals surface area contributed by atoms with Crippen molar-refractivity contribution in [1.29, 1.82) is 0 Å². The monoisotopic (exact) mass is 381 g/mol. The van der Waals surface area contributed by atoms with Crippen LogP contribution in [0, 0.1) is 0 Å². The van der Waals surface area contributed by atoms with Gasteiger partial charge in [0, 0.05) is 31.4 Å². The van der Waals surface area contributed by atoms with E-state index in [-0.39, 0.29) is 24.2 Å². The van der Waals surface area contributed by atoms with Crippen molar-refractivity contribution < 1.29 is 19.1 Å². The second kappa shape index (κ2) is 9.14. The number of carbonyl (C=O) groups is 3. The maximum atomic E-state index is 12.5. The zero-order chi connectivity index (χ0) is 19.9. The van der Waals surface area contributed by atoms with Crippen LogP contribution in [0.5, 0.6) is 0 Å². The number of anilines is 2. The molecule has 2 aromatic carbocycles. The molecule has 0 radical (unpaired) electrons. The van der Waals surface area contributed by atoms with E-state index in [1.165, 1.54) is 6.92 Å². The fourth-order valence-corrected chi connectivity index (χ4v) is 3.11. The molecular weight excluding hydrogens is 358 g/mol. The van der Waals surface area contributed by atoms with E-state index in [0.29, 0.717) is 31.1 Å². The van der Waals surface area contributed by atoms with Gasteiger partial charge in [-0.1, -0.05) is 30.3 Å². The minimum absolute atomic E-state index is 0.0130. The first-order valence-corrected chi connectivity index (χ1v) is 9.13. The number of benzene rings is 2. The number of morpholine rings is 1. The van der Waals surface area contributed by atoms with Crippen molar-refractivity contribution in [3.8, 4) is 0 Å². The Balaban J connectivity index is 1.61. The molecule has 2 N–H and O–H groups in total. The molecular formula is C21H23N3O4.